The lowest BCUT2D eigenvalue weighted by Gasteiger charge is -2.10. The van der Waals surface area contributed by atoms with Gasteiger partial charge in [-0.1, -0.05) is 68.3 Å². The summed E-state index contributed by atoms with van der Waals surface area (Å²) in [6.07, 6.45) is 3.49. The summed E-state index contributed by atoms with van der Waals surface area (Å²) in [7, 11) is 0. The molecule has 2 aromatic heterocycles. The molecule has 0 aliphatic heterocycles. The molecule has 34 heavy (non-hydrogen) atoms. The van der Waals surface area contributed by atoms with Gasteiger partial charge in [0.2, 0.25) is 0 Å². The van der Waals surface area contributed by atoms with Crippen molar-refractivity contribution in [3.05, 3.63) is 112 Å². The molecule has 0 N–H and O–H groups in total. The van der Waals surface area contributed by atoms with Crippen LogP contribution in [0.15, 0.2) is 106 Å². The first-order chi connectivity index (χ1) is 16.6. The van der Waals surface area contributed by atoms with Gasteiger partial charge in [-0.05, 0) is 59.7 Å². The number of nitriles is 1. The molecule has 2 heterocycles. The second-order valence-electron chi connectivity index (χ2n) is 7.62. The van der Waals surface area contributed by atoms with E-state index in [1.165, 1.54) is 0 Å². The summed E-state index contributed by atoms with van der Waals surface area (Å²) in [5.74, 6) is 0.641. The third-order valence-electron chi connectivity index (χ3n) is 5.35. The Labute approximate surface area is 214 Å². The van der Waals surface area contributed by atoms with Crippen LogP contribution in [0.2, 0.25) is 0 Å². The van der Waals surface area contributed by atoms with E-state index in [-0.39, 0.29) is 0 Å². The molecule has 0 amide bonds. The summed E-state index contributed by atoms with van der Waals surface area (Å²) >= 11 is 7.15. The van der Waals surface area contributed by atoms with Gasteiger partial charge in [0, 0.05) is 38.0 Å². The fourth-order valence-electron chi connectivity index (χ4n) is 3.65. The Balaban J connectivity index is 1.59. The largest absolute Gasteiger partial charge is 0.265 e. The fraction of sp³-hybridized carbons (Fsp3) is 0. The fourth-order valence-corrected chi connectivity index (χ4v) is 4.94. The van der Waals surface area contributed by atoms with Crippen molar-refractivity contribution in [3.63, 3.8) is 0 Å². The molecule has 0 saturated heterocycles. The highest BCUT2D eigenvalue weighted by atomic mass is 79.9. The number of rotatable bonds is 4. The van der Waals surface area contributed by atoms with Crippen LogP contribution < -0.4 is 0 Å². The first-order valence-corrected chi connectivity index (χ1v) is 12.0. The minimum atomic E-state index is 0.641. The SMILES string of the molecule is N#Cc1ccc(-c2ccc(-c3cc(-c4cc(Br)cc(Br)c4)nc(-c4ccncc4)n3)cc2)cc1. The van der Waals surface area contributed by atoms with Crippen molar-refractivity contribution in [2.24, 2.45) is 0 Å². The lowest BCUT2D eigenvalue weighted by Crippen LogP contribution is -1.96. The molecule has 0 spiro atoms. The second-order valence-corrected chi connectivity index (χ2v) is 9.45. The predicted octanol–water partition coefficient (Wildman–Crippen LogP) is 7.94. The average molecular weight is 568 g/mol. The molecule has 0 fully saturated rings. The van der Waals surface area contributed by atoms with Crippen molar-refractivity contribution in [2.75, 3.05) is 0 Å². The number of pyridine rings is 1. The monoisotopic (exact) mass is 566 g/mol. The van der Waals surface area contributed by atoms with E-state index in [9.17, 15) is 0 Å². The Morgan fingerprint density at radius 3 is 1.68 bits per heavy atom. The van der Waals surface area contributed by atoms with Gasteiger partial charge in [0.1, 0.15) is 0 Å². The summed E-state index contributed by atoms with van der Waals surface area (Å²) in [5.41, 5.74) is 7.32. The van der Waals surface area contributed by atoms with Crippen LogP contribution in [-0.2, 0) is 0 Å². The second kappa shape index (κ2) is 9.68. The van der Waals surface area contributed by atoms with E-state index in [0.29, 0.717) is 11.4 Å². The van der Waals surface area contributed by atoms with Crippen LogP contribution in [0.1, 0.15) is 5.56 Å². The molecule has 0 aliphatic carbocycles. The summed E-state index contributed by atoms with van der Waals surface area (Å²) in [4.78, 5) is 13.8. The molecule has 4 nitrogen and oxygen atoms in total. The van der Waals surface area contributed by atoms with Crippen molar-refractivity contribution in [1.29, 1.82) is 5.26 Å². The van der Waals surface area contributed by atoms with Gasteiger partial charge in [-0.25, -0.2) is 9.97 Å². The number of hydrogen-bond donors (Lipinski definition) is 0. The van der Waals surface area contributed by atoms with E-state index in [4.69, 9.17) is 15.2 Å². The zero-order valence-electron chi connectivity index (χ0n) is 17.8. The topological polar surface area (TPSA) is 62.5 Å². The van der Waals surface area contributed by atoms with Gasteiger partial charge in [-0.15, -0.1) is 0 Å². The highest BCUT2D eigenvalue weighted by Crippen LogP contribution is 2.32. The van der Waals surface area contributed by atoms with Gasteiger partial charge >= 0.3 is 0 Å². The van der Waals surface area contributed by atoms with Gasteiger partial charge in [0.25, 0.3) is 0 Å². The van der Waals surface area contributed by atoms with E-state index in [1.54, 1.807) is 12.4 Å². The van der Waals surface area contributed by atoms with Crippen LogP contribution in [0.25, 0.3) is 45.0 Å². The van der Waals surface area contributed by atoms with Gasteiger partial charge in [-0.2, -0.15) is 5.26 Å². The van der Waals surface area contributed by atoms with E-state index in [0.717, 1.165) is 48.2 Å². The molecule has 5 rings (SSSR count). The molecule has 0 atom stereocenters. The Hall–Kier alpha value is -3.66. The molecule has 0 saturated carbocycles. The highest BCUT2D eigenvalue weighted by molar-refractivity contribution is 9.11. The normalized spacial score (nSPS) is 10.6. The predicted molar refractivity (Wildman–Crippen MR) is 142 cm³/mol. The molecule has 5 aromatic rings. The number of nitrogens with zero attached hydrogens (tertiary/aromatic N) is 4. The number of benzene rings is 3. The van der Waals surface area contributed by atoms with E-state index in [1.807, 2.05) is 60.7 Å². The molecular weight excluding hydrogens is 552 g/mol. The van der Waals surface area contributed by atoms with Crippen molar-refractivity contribution in [3.8, 4) is 51.1 Å². The lowest BCUT2D eigenvalue weighted by atomic mass is 10.0. The van der Waals surface area contributed by atoms with Crippen molar-refractivity contribution in [1.82, 2.24) is 15.0 Å². The first kappa shape index (κ1) is 22.1. The Morgan fingerprint density at radius 1 is 0.559 bits per heavy atom. The summed E-state index contributed by atoms with van der Waals surface area (Å²) in [6.45, 7) is 0. The lowest BCUT2D eigenvalue weighted by molar-refractivity contribution is 1.17. The van der Waals surface area contributed by atoms with Crippen LogP contribution in [0.3, 0.4) is 0 Å². The third kappa shape index (κ3) is 4.81. The van der Waals surface area contributed by atoms with E-state index < -0.39 is 0 Å². The smallest absolute Gasteiger partial charge is 0.160 e. The molecule has 0 aliphatic rings. The standard InChI is InChI=1S/C28H16Br2N4/c29-24-13-23(14-25(30)15-24)27-16-26(33-28(34-27)22-9-11-32-12-10-22)21-7-5-20(6-8-21)19-3-1-18(17-31)2-4-19/h1-16H. The number of halogens is 2. The quantitative estimate of drug-likeness (QED) is 0.221. The van der Waals surface area contributed by atoms with Crippen molar-refractivity contribution >= 4 is 31.9 Å². The minimum absolute atomic E-state index is 0.641. The van der Waals surface area contributed by atoms with Crippen LogP contribution >= 0.6 is 31.9 Å². The minimum Gasteiger partial charge on any atom is -0.265 e. The highest BCUT2D eigenvalue weighted by Gasteiger charge is 2.12. The zero-order chi connectivity index (χ0) is 23.5. The van der Waals surface area contributed by atoms with E-state index >= 15 is 0 Å². The van der Waals surface area contributed by atoms with Crippen molar-refractivity contribution in [2.45, 2.75) is 0 Å². The van der Waals surface area contributed by atoms with Gasteiger partial charge in [0.05, 0.1) is 23.0 Å². The summed E-state index contributed by atoms with van der Waals surface area (Å²) in [5, 5.41) is 9.03. The van der Waals surface area contributed by atoms with Crippen LogP contribution in [0.5, 0.6) is 0 Å². The number of hydrogen-bond acceptors (Lipinski definition) is 4. The third-order valence-corrected chi connectivity index (χ3v) is 6.27. The molecule has 0 bridgehead atoms. The van der Waals surface area contributed by atoms with Gasteiger partial charge in [-0.3, -0.25) is 4.98 Å². The average Bonchev–Trinajstić information content (AvgIpc) is 2.88. The molecule has 0 radical (unpaired) electrons. The van der Waals surface area contributed by atoms with Crippen LogP contribution in [0, 0.1) is 11.3 Å². The maximum atomic E-state index is 9.03. The Kier molecular flexibility index (Phi) is 6.31. The van der Waals surface area contributed by atoms with Crippen LogP contribution in [-0.4, -0.2) is 15.0 Å². The van der Waals surface area contributed by atoms with E-state index in [2.05, 4.69) is 67.2 Å². The molecule has 0 unspecified atom stereocenters. The zero-order valence-corrected chi connectivity index (χ0v) is 21.0. The first-order valence-electron chi connectivity index (χ1n) is 10.5. The Morgan fingerprint density at radius 2 is 1.09 bits per heavy atom. The molecule has 162 valence electrons. The van der Waals surface area contributed by atoms with Crippen molar-refractivity contribution < 1.29 is 0 Å². The van der Waals surface area contributed by atoms with Gasteiger partial charge < -0.3 is 0 Å². The van der Waals surface area contributed by atoms with Crippen LogP contribution in [0.4, 0.5) is 0 Å². The molecule has 3 aromatic carbocycles. The number of aromatic nitrogens is 3. The van der Waals surface area contributed by atoms with Gasteiger partial charge in [0.15, 0.2) is 5.82 Å². The summed E-state index contributed by atoms with van der Waals surface area (Å²) in [6, 6.07) is 29.9. The molecule has 6 heteroatoms. The Bertz CT molecular complexity index is 1490. The maximum Gasteiger partial charge on any atom is 0.160 e. The maximum absolute atomic E-state index is 9.03. The molecular formula is C28H16Br2N4. The summed E-state index contributed by atoms with van der Waals surface area (Å²) < 4.78 is 1.93.